The van der Waals surface area contributed by atoms with Crippen LogP contribution < -0.4 is 5.43 Å². The van der Waals surface area contributed by atoms with Crippen molar-refractivity contribution in [2.24, 2.45) is 0 Å². The summed E-state index contributed by atoms with van der Waals surface area (Å²) >= 11 is 5.38. The highest BCUT2D eigenvalue weighted by molar-refractivity contribution is 6.17. The molecular formula is C8H5ClF2N2O. The fraction of sp³-hybridized carbons (Fsp3) is 0.250. The maximum atomic E-state index is 12.3. The zero-order valence-corrected chi connectivity index (χ0v) is 7.61. The number of rotatable bonds is 2. The van der Waals surface area contributed by atoms with Gasteiger partial charge in [0.2, 0.25) is 5.43 Å². The standard InChI is InChI=1S/C8H5ClF2N2O/c9-1-4-3-13-6(8(10)11)5(2-12)7(4)14/h3,8H,1H2,(H,13,14). The molecule has 0 aliphatic carbocycles. The monoisotopic (exact) mass is 218 g/mol. The summed E-state index contributed by atoms with van der Waals surface area (Å²) in [6.07, 6.45) is -1.78. The lowest BCUT2D eigenvalue weighted by atomic mass is 10.1. The molecule has 1 N–H and O–H groups in total. The zero-order chi connectivity index (χ0) is 10.7. The molecule has 0 atom stereocenters. The van der Waals surface area contributed by atoms with Crippen LogP contribution in [0.5, 0.6) is 0 Å². The van der Waals surface area contributed by atoms with Gasteiger partial charge in [0.25, 0.3) is 6.43 Å². The Morgan fingerprint density at radius 1 is 1.64 bits per heavy atom. The fourth-order valence-corrected chi connectivity index (χ4v) is 1.17. The summed E-state index contributed by atoms with van der Waals surface area (Å²) in [5, 5.41) is 8.52. The number of aromatic amines is 1. The zero-order valence-electron chi connectivity index (χ0n) is 6.85. The molecule has 1 heterocycles. The molecule has 1 aromatic heterocycles. The molecule has 0 spiro atoms. The second kappa shape index (κ2) is 4.20. The molecule has 0 unspecified atom stereocenters. The van der Waals surface area contributed by atoms with Gasteiger partial charge in [0.1, 0.15) is 17.3 Å². The van der Waals surface area contributed by atoms with Crippen molar-refractivity contribution in [3.63, 3.8) is 0 Å². The minimum atomic E-state index is -2.87. The number of aromatic nitrogens is 1. The molecule has 6 heteroatoms. The van der Waals surface area contributed by atoms with E-state index >= 15 is 0 Å². The maximum Gasteiger partial charge on any atom is 0.279 e. The van der Waals surface area contributed by atoms with E-state index in [1.165, 1.54) is 6.07 Å². The summed E-state index contributed by atoms with van der Waals surface area (Å²) < 4.78 is 24.6. The number of halogens is 3. The third-order valence-corrected chi connectivity index (χ3v) is 1.95. The first-order valence-corrected chi connectivity index (χ1v) is 4.14. The third kappa shape index (κ3) is 1.75. The molecule has 14 heavy (non-hydrogen) atoms. The average molecular weight is 219 g/mol. The van der Waals surface area contributed by atoms with Crippen LogP contribution in [0.4, 0.5) is 8.78 Å². The van der Waals surface area contributed by atoms with Crippen LogP contribution in [0.2, 0.25) is 0 Å². The average Bonchev–Trinajstić information content (AvgIpc) is 2.17. The molecule has 0 fully saturated rings. The second-order valence-electron chi connectivity index (χ2n) is 2.48. The van der Waals surface area contributed by atoms with E-state index in [1.807, 2.05) is 0 Å². The molecule has 0 amide bonds. The molecule has 0 aliphatic rings. The van der Waals surface area contributed by atoms with Gasteiger partial charge in [-0.25, -0.2) is 8.78 Å². The summed E-state index contributed by atoms with van der Waals surface area (Å²) in [5.41, 5.74) is -1.87. The van der Waals surface area contributed by atoms with E-state index in [0.717, 1.165) is 6.20 Å². The SMILES string of the molecule is N#Cc1c(C(F)F)[nH]cc(CCl)c1=O. The largest absolute Gasteiger partial charge is 0.359 e. The van der Waals surface area contributed by atoms with E-state index in [1.54, 1.807) is 0 Å². The molecule has 3 nitrogen and oxygen atoms in total. The fourth-order valence-electron chi connectivity index (χ4n) is 0.968. The lowest BCUT2D eigenvalue weighted by Gasteiger charge is -2.03. The van der Waals surface area contributed by atoms with Crippen molar-refractivity contribution in [2.75, 3.05) is 0 Å². The quantitative estimate of drug-likeness (QED) is 0.771. The molecule has 0 saturated heterocycles. The number of nitriles is 1. The van der Waals surface area contributed by atoms with Crippen molar-refractivity contribution in [3.8, 4) is 6.07 Å². The minimum Gasteiger partial charge on any atom is -0.359 e. The minimum absolute atomic E-state index is 0.104. The van der Waals surface area contributed by atoms with E-state index < -0.39 is 23.1 Å². The molecular weight excluding hydrogens is 214 g/mol. The van der Waals surface area contributed by atoms with Gasteiger partial charge in [0.05, 0.1) is 5.88 Å². The predicted octanol–water partition coefficient (Wildman–Crippen LogP) is 1.92. The Morgan fingerprint density at radius 2 is 2.29 bits per heavy atom. The number of hydrogen-bond donors (Lipinski definition) is 1. The Kier molecular flexibility index (Phi) is 3.20. The number of alkyl halides is 3. The predicted molar refractivity (Wildman–Crippen MR) is 46.3 cm³/mol. The van der Waals surface area contributed by atoms with Crippen LogP contribution in [-0.4, -0.2) is 4.98 Å². The third-order valence-electron chi connectivity index (χ3n) is 1.66. The van der Waals surface area contributed by atoms with Gasteiger partial charge in [-0.1, -0.05) is 0 Å². The Balaban J connectivity index is 3.46. The number of pyridine rings is 1. The van der Waals surface area contributed by atoms with Crippen LogP contribution in [0.3, 0.4) is 0 Å². The van der Waals surface area contributed by atoms with Crippen molar-refractivity contribution in [3.05, 3.63) is 33.2 Å². The second-order valence-corrected chi connectivity index (χ2v) is 2.75. The van der Waals surface area contributed by atoms with Crippen molar-refractivity contribution in [1.82, 2.24) is 4.98 Å². The molecule has 0 bridgehead atoms. The van der Waals surface area contributed by atoms with Crippen molar-refractivity contribution < 1.29 is 8.78 Å². The highest BCUT2D eigenvalue weighted by Crippen LogP contribution is 2.18. The number of H-pyrrole nitrogens is 1. The van der Waals surface area contributed by atoms with Crippen LogP contribution in [0, 0.1) is 11.3 Å². The van der Waals surface area contributed by atoms with Crippen LogP contribution in [0.15, 0.2) is 11.0 Å². The van der Waals surface area contributed by atoms with Crippen molar-refractivity contribution >= 4 is 11.6 Å². The van der Waals surface area contributed by atoms with Gasteiger partial charge >= 0.3 is 0 Å². The molecule has 0 radical (unpaired) electrons. The summed E-state index contributed by atoms with van der Waals surface area (Å²) in [5.74, 6) is -0.118. The van der Waals surface area contributed by atoms with Crippen LogP contribution >= 0.6 is 11.6 Å². The lowest BCUT2D eigenvalue weighted by Crippen LogP contribution is -2.15. The topological polar surface area (TPSA) is 56.6 Å². The van der Waals surface area contributed by atoms with Gasteiger partial charge in [-0.3, -0.25) is 4.79 Å². The van der Waals surface area contributed by atoms with Crippen molar-refractivity contribution in [1.29, 1.82) is 5.26 Å². The lowest BCUT2D eigenvalue weighted by molar-refractivity contribution is 0.145. The van der Waals surface area contributed by atoms with Gasteiger partial charge < -0.3 is 4.98 Å². The molecule has 1 rings (SSSR count). The number of nitrogens with one attached hydrogen (secondary N) is 1. The highest BCUT2D eigenvalue weighted by atomic mass is 35.5. The van der Waals surface area contributed by atoms with Crippen LogP contribution in [-0.2, 0) is 5.88 Å². The maximum absolute atomic E-state index is 12.3. The van der Waals surface area contributed by atoms with E-state index in [2.05, 4.69) is 4.98 Å². The first-order valence-electron chi connectivity index (χ1n) is 3.60. The molecule has 74 valence electrons. The normalized spacial score (nSPS) is 10.2. The summed E-state index contributed by atoms with van der Waals surface area (Å²) in [6.45, 7) is 0. The van der Waals surface area contributed by atoms with Crippen LogP contribution in [0.25, 0.3) is 0 Å². The van der Waals surface area contributed by atoms with Gasteiger partial charge in [0, 0.05) is 11.8 Å². The number of nitrogens with zero attached hydrogens (tertiary/aromatic N) is 1. The van der Waals surface area contributed by atoms with Gasteiger partial charge in [-0.15, -0.1) is 11.6 Å². The Hall–Kier alpha value is -1.41. The highest BCUT2D eigenvalue weighted by Gasteiger charge is 2.17. The van der Waals surface area contributed by atoms with Gasteiger partial charge in [-0.05, 0) is 0 Å². The summed E-state index contributed by atoms with van der Waals surface area (Å²) in [4.78, 5) is 13.5. The molecule has 1 aromatic rings. The first kappa shape index (κ1) is 10.7. The van der Waals surface area contributed by atoms with E-state index in [4.69, 9.17) is 16.9 Å². The first-order chi connectivity index (χ1) is 6.61. The smallest absolute Gasteiger partial charge is 0.279 e. The van der Waals surface area contributed by atoms with E-state index in [0.29, 0.717) is 0 Å². The summed E-state index contributed by atoms with van der Waals surface area (Å²) in [6, 6.07) is 1.44. The van der Waals surface area contributed by atoms with Crippen molar-refractivity contribution in [2.45, 2.75) is 12.3 Å². The van der Waals surface area contributed by atoms with Gasteiger partial charge in [0.15, 0.2) is 0 Å². The Bertz CT molecular complexity index is 436. The molecule has 0 aliphatic heterocycles. The summed E-state index contributed by atoms with van der Waals surface area (Å²) in [7, 11) is 0. The molecule has 0 aromatic carbocycles. The molecule has 0 saturated carbocycles. The Morgan fingerprint density at radius 3 is 2.71 bits per heavy atom. The van der Waals surface area contributed by atoms with Crippen LogP contribution in [0.1, 0.15) is 23.2 Å². The van der Waals surface area contributed by atoms with E-state index in [-0.39, 0.29) is 11.4 Å². The van der Waals surface area contributed by atoms with E-state index in [9.17, 15) is 13.6 Å². The Labute approximate surface area is 82.9 Å². The van der Waals surface area contributed by atoms with Gasteiger partial charge in [-0.2, -0.15) is 5.26 Å². The number of hydrogen-bond acceptors (Lipinski definition) is 2.